The first-order valence-corrected chi connectivity index (χ1v) is 6.93. The van der Waals surface area contributed by atoms with Crippen LogP contribution in [0.25, 0.3) is 0 Å². The van der Waals surface area contributed by atoms with Gasteiger partial charge in [-0.3, -0.25) is 9.69 Å². The number of hydrogen-bond donors (Lipinski definition) is 1. The number of methoxy groups -OCH3 is 1. The number of rotatable bonds is 6. The van der Waals surface area contributed by atoms with E-state index in [9.17, 15) is 9.18 Å². The second kappa shape index (κ2) is 7.56. The van der Waals surface area contributed by atoms with Crippen LogP contribution in [0.4, 0.5) is 10.1 Å². The van der Waals surface area contributed by atoms with Crippen LogP contribution in [-0.4, -0.2) is 31.5 Å². The minimum atomic E-state index is -0.262. The Morgan fingerprint density at radius 3 is 2.64 bits per heavy atom. The zero-order valence-electron chi connectivity index (χ0n) is 12.7. The van der Waals surface area contributed by atoms with Crippen molar-refractivity contribution in [3.63, 3.8) is 0 Å². The van der Waals surface area contributed by atoms with E-state index >= 15 is 0 Å². The number of amides is 1. The van der Waals surface area contributed by atoms with Gasteiger partial charge in [-0.25, -0.2) is 4.39 Å². The summed E-state index contributed by atoms with van der Waals surface area (Å²) in [6, 6.07) is 13.5. The van der Waals surface area contributed by atoms with Crippen molar-refractivity contribution in [3.8, 4) is 5.75 Å². The average molecular weight is 302 g/mol. The predicted octanol–water partition coefficient (Wildman–Crippen LogP) is 2.90. The van der Waals surface area contributed by atoms with Crippen molar-refractivity contribution in [1.29, 1.82) is 0 Å². The van der Waals surface area contributed by atoms with Crippen molar-refractivity contribution in [1.82, 2.24) is 4.90 Å². The van der Waals surface area contributed by atoms with Gasteiger partial charge in [-0.1, -0.05) is 18.2 Å². The van der Waals surface area contributed by atoms with Crippen molar-refractivity contribution in [2.45, 2.75) is 6.54 Å². The van der Waals surface area contributed by atoms with Gasteiger partial charge in [-0.15, -0.1) is 0 Å². The summed E-state index contributed by atoms with van der Waals surface area (Å²) in [6.07, 6.45) is 0. The van der Waals surface area contributed by atoms with Gasteiger partial charge in [-0.2, -0.15) is 0 Å². The van der Waals surface area contributed by atoms with E-state index in [2.05, 4.69) is 5.32 Å². The number of anilines is 1. The van der Waals surface area contributed by atoms with Crippen LogP contribution in [0, 0.1) is 5.82 Å². The summed E-state index contributed by atoms with van der Waals surface area (Å²) in [5.41, 5.74) is 1.65. The molecule has 0 fully saturated rings. The Morgan fingerprint density at radius 1 is 1.23 bits per heavy atom. The fraction of sp³-hybridized carbons (Fsp3) is 0.235. The van der Waals surface area contributed by atoms with Gasteiger partial charge >= 0.3 is 0 Å². The van der Waals surface area contributed by atoms with Crippen molar-refractivity contribution in [3.05, 3.63) is 59.9 Å². The first kappa shape index (κ1) is 16.0. The predicted molar refractivity (Wildman–Crippen MR) is 84.4 cm³/mol. The molecule has 0 saturated heterocycles. The van der Waals surface area contributed by atoms with Gasteiger partial charge in [0.2, 0.25) is 5.91 Å². The standard InChI is InChI=1S/C17H19FN2O2/c1-20(11-13-6-8-14(18)9-7-13)12-17(21)19-15-4-3-5-16(10-15)22-2/h3-10H,11-12H2,1-2H3,(H,19,21). The van der Waals surface area contributed by atoms with Gasteiger partial charge in [0.1, 0.15) is 11.6 Å². The molecule has 0 unspecified atom stereocenters. The molecule has 0 radical (unpaired) electrons. The van der Waals surface area contributed by atoms with E-state index in [4.69, 9.17) is 4.74 Å². The zero-order chi connectivity index (χ0) is 15.9. The number of benzene rings is 2. The van der Waals surface area contributed by atoms with Gasteiger partial charge in [0, 0.05) is 18.3 Å². The van der Waals surface area contributed by atoms with E-state index in [1.165, 1.54) is 12.1 Å². The number of hydrogen-bond acceptors (Lipinski definition) is 3. The molecule has 0 spiro atoms. The Hall–Kier alpha value is -2.40. The molecular weight excluding hydrogens is 283 g/mol. The highest BCUT2D eigenvalue weighted by molar-refractivity contribution is 5.92. The summed E-state index contributed by atoms with van der Waals surface area (Å²) < 4.78 is 18.0. The number of nitrogens with zero attached hydrogens (tertiary/aromatic N) is 1. The number of halogens is 1. The highest BCUT2D eigenvalue weighted by Gasteiger charge is 2.08. The third kappa shape index (κ3) is 4.86. The molecule has 0 aliphatic carbocycles. The number of carbonyl (C=O) groups is 1. The SMILES string of the molecule is COc1cccc(NC(=O)CN(C)Cc2ccc(F)cc2)c1. The summed E-state index contributed by atoms with van der Waals surface area (Å²) in [4.78, 5) is 13.9. The smallest absolute Gasteiger partial charge is 0.238 e. The highest BCUT2D eigenvalue weighted by atomic mass is 19.1. The van der Waals surface area contributed by atoms with E-state index in [0.717, 1.165) is 5.56 Å². The lowest BCUT2D eigenvalue weighted by molar-refractivity contribution is -0.117. The lowest BCUT2D eigenvalue weighted by atomic mass is 10.2. The van der Waals surface area contributed by atoms with Crippen LogP contribution >= 0.6 is 0 Å². The van der Waals surface area contributed by atoms with Crippen molar-refractivity contribution in [2.24, 2.45) is 0 Å². The summed E-state index contributed by atoms with van der Waals surface area (Å²) in [5.74, 6) is 0.317. The summed E-state index contributed by atoms with van der Waals surface area (Å²) in [6.45, 7) is 0.820. The maximum atomic E-state index is 12.9. The zero-order valence-corrected chi connectivity index (χ0v) is 12.7. The molecule has 116 valence electrons. The molecule has 22 heavy (non-hydrogen) atoms. The molecule has 0 aliphatic rings. The molecule has 2 aromatic rings. The monoisotopic (exact) mass is 302 g/mol. The largest absolute Gasteiger partial charge is 0.497 e. The average Bonchev–Trinajstić information content (AvgIpc) is 2.49. The maximum absolute atomic E-state index is 12.9. The fourth-order valence-electron chi connectivity index (χ4n) is 2.10. The third-order valence-electron chi connectivity index (χ3n) is 3.13. The van der Waals surface area contributed by atoms with Crippen molar-refractivity contribution < 1.29 is 13.9 Å². The third-order valence-corrected chi connectivity index (χ3v) is 3.13. The Balaban J connectivity index is 1.86. The van der Waals surface area contributed by atoms with Crippen LogP contribution in [0.2, 0.25) is 0 Å². The first-order valence-electron chi connectivity index (χ1n) is 6.93. The molecule has 0 bridgehead atoms. The maximum Gasteiger partial charge on any atom is 0.238 e. The van der Waals surface area contributed by atoms with E-state index in [0.29, 0.717) is 18.0 Å². The molecule has 2 aromatic carbocycles. The summed E-state index contributed by atoms with van der Waals surface area (Å²) >= 11 is 0. The molecular formula is C17H19FN2O2. The number of nitrogens with one attached hydrogen (secondary N) is 1. The molecule has 0 atom stereocenters. The van der Waals surface area contributed by atoms with Crippen molar-refractivity contribution in [2.75, 3.05) is 26.0 Å². The molecule has 0 saturated carbocycles. The van der Waals surface area contributed by atoms with Crippen LogP contribution in [0.5, 0.6) is 5.75 Å². The van der Waals surface area contributed by atoms with Crippen LogP contribution in [0.3, 0.4) is 0 Å². The number of carbonyl (C=O) groups excluding carboxylic acids is 1. The summed E-state index contributed by atoms with van der Waals surface area (Å²) in [5, 5.41) is 2.82. The quantitative estimate of drug-likeness (QED) is 0.892. The second-order valence-corrected chi connectivity index (χ2v) is 5.08. The minimum absolute atomic E-state index is 0.113. The van der Waals surface area contributed by atoms with Gasteiger partial charge in [0.15, 0.2) is 0 Å². The topological polar surface area (TPSA) is 41.6 Å². The Kier molecular flexibility index (Phi) is 5.49. The molecule has 0 aromatic heterocycles. The van der Waals surface area contributed by atoms with E-state index < -0.39 is 0 Å². The molecule has 2 rings (SSSR count). The fourth-order valence-corrected chi connectivity index (χ4v) is 2.10. The normalized spacial score (nSPS) is 10.5. The van der Waals surface area contributed by atoms with Crippen LogP contribution in [0.15, 0.2) is 48.5 Å². The van der Waals surface area contributed by atoms with E-state index in [1.54, 1.807) is 31.4 Å². The molecule has 0 heterocycles. The number of ether oxygens (including phenoxy) is 1. The Morgan fingerprint density at radius 2 is 1.95 bits per heavy atom. The molecule has 1 N–H and O–H groups in total. The highest BCUT2D eigenvalue weighted by Crippen LogP contribution is 2.16. The summed E-state index contributed by atoms with van der Waals surface area (Å²) in [7, 11) is 3.42. The Bertz CT molecular complexity index is 629. The van der Waals surface area contributed by atoms with Crippen LogP contribution in [-0.2, 0) is 11.3 Å². The van der Waals surface area contributed by atoms with Gasteiger partial charge in [0.05, 0.1) is 13.7 Å². The molecule has 5 heteroatoms. The number of likely N-dealkylation sites (N-methyl/N-ethyl adjacent to an activating group) is 1. The molecule has 0 aliphatic heterocycles. The minimum Gasteiger partial charge on any atom is -0.497 e. The first-order chi connectivity index (χ1) is 10.6. The second-order valence-electron chi connectivity index (χ2n) is 5.08. The van der Waals surface area contributed by atoms with Crippen LogP contribution < -0.4 is 10.1 Å². The lowest BCUT2D eigenvalue weighted by Crippen LogP contribution is -2.29. The molecule has 1 amide bonds. The lowest BCUT2D eigenvalue weighted by Gasteiger charge is -2.16. The van der Waals surface area contributed by atoms with Gasteiger partial charge in [0.25, 0.3) is 0 Å². The van der Waals surface area contributed by atoms with E-state index in [-0.39, 0.29) is 18.3 Å². The van der Waals surface area contributed by atoms with Gasteiger partial charge < -0.3 is 10.1 Å². The van der Waals surface area contributed by atoms with Crippen molar-refractivity contribution >= 4 is 11.6 Å². The Labute approximate surface area is 129 Å². The van der Waals surface area contributed by atoms with Gasteiger partial charge in [-0.05, 0) is 36.9 Å². The van der Waals surface area contributed by atoms with Crippen LogP contribution in [0.1, 0.15) is 5.56 Å². The van der Waals surface area contributed by atoms with E-state index in [1.807, 2.05) is 24.1 Å². The molecule has 4 nitrogen and oxygen atoms in total.